The van der Waals surface area contributed by atoms with Crippen molar-refractivity contribution in [1.29, 1.82) is 0 Å². The van der Waals surface area contributed by atoms with E-state index in [1.54, 1.807) is 11.0 Å². The topological polar surface area (TPSA) is 58.1 Å². The normalized spacial score (nSPS) is 20.2. The van der Waals surface area contributed by atoms with E-state index in [-0.39, 0.29) is 18.0 Å². The van der Waals surface area contributed by atoms with E-state index in [0.29, 0.717) is 47.3 Å². The van der Waals surface area contributed by atoms with Crippen LogP contribution in [0.4, 0.5) is 14.6 Å². The number of alkyl halides is 1. The summed E-state index contributed by atoms with van der Waals surface area (Å²) in [7, 11) is 0. The minimum atomic E-state index is -0.894. The second-order valence-electron chi connectivity index (χ2n) is 5.76. The maximum atomic E-state index is 14.6. The Morgan fingerprint density at radius 3 is 2.96 bits per heavy atom. The summed E-state index contributed by atoms with van der Waals surface area (Å²) in [6, 6.07) is 1.67. The van der Waals surface area contributed by atoms with Gasteiger partial charge in [0.25, 0.3) is 5.91 Å². The van der Waals surface area contributed by atoms with E-state index in [1.165, 1.54) is 11.3 Å². The molecule has 2 aromatic rings. The fourth-order valence-electron chi connectivity index (χ4n) is 2.93. The van der Waals surface area contributed by atoms with Crippen LogP contribution in [0.15, 0.2) is 6.07 Å². The summed E-state index contributed by atoms with van der Waals surface area (Å²) in [6.07, 6.45) is 0.192. The lowest BCUT2D eigenvalue weighted by Crippen LogP contribution is -2.30. The molecule has 0 spiro atoms. The van der Waals surface area contributed by atoms with Crippen LogP contribution in [0, 0.1) is 9.52 Å². The Morgan fingerprint density at radius 1 is 1.42 bits per heavy atom. The van der Waals surface area contributed by atoms with Gasteiger partial charge < -0.3 is 10.2 Å². The molecule has 1 unspecified atom stereocenters. The number of nitrogens with zero attached hydrogens (tertiary/aromatic N) is 3. The van der Waals surface area contributed by atoms with Crippen molar-refractivity contribution in [2.45, 2.75) is 19.0 Å². The van der Waals surface area contributed by atoms with E-state index >= 15 is 0 Å². The van der Waals surface area contributed by atoms with Crippen molar-refractivity contribution in [3.63, 3.8) is 0 Å². The maximum absolute atomic E-state index is 14.6. The molecule has 9 heteroatoms. The zero-order valence-electron chi connectivity index (χ0n) is 12.5. The lowest BCUT2D eigenvalue weighted by Gasteiger charge is -2.18. The first kappa shape index (κ1) is 16.1. The van der Waals surface area contributed by atoms with Gasteiger partial charge in [0, 0.05) is 19.5 Å². The summed E-state index contributed by atoms with van der Waals surface area (Å²) in [5, 5.41) is 3.21. The number of aromatic nitrogens is 2. The third-order valence-electron chi connectivity index (χ3n) is 4.12. The molecule has 0 aromatic carbocycles. The van der Waals surface area contributed by atoms with Crippen LogP contribution in [-0.2, 0) is 6.42 Å². The fraction of sp³-hybridized carbons (Fsp3) is 0.400. The number of carbonyl (C=O) groups is 1. The molecule has 126 valence electrons. The first-order valence-electron chi connectivity index (χ1n) is 7.56. The molecule has 1 fully saturated rings. The Bertz CT molecular complexity index is 828. The van der Waals surface area contributed by atoms with Crippen molar-refractivity contribution >= 4 is 45.7 Å². The van der Waals surface area contributed by atoms with Gasteiger partial charge in [0.1, 0.15) is 21.9 Å². The molecule has 1 amide bonds. The number of nitrogens with one attached hydrogen (secondary N) is 1. The summed E-state index contributed by atoms with van der Waals surface area (Å²) < 4.78 is 28.7. The number of thiazole rings is 1. The Hall–Kier alpha value is -1.36. The van der Waals surface area contributed by atoms with E-state index in [4.69, 9.17) is 0 Å². The number of anilines is 1. The highest BCUT2D eigenvalue weighted by Crippen LogP contribution is 2.34. The van der Waals surface area contributed by atoms with Gasteiger partial charge in [0.2, 0.25) is 5.95 Å². The molecule has 2 aliphatic heterocycles. The second kappa shape index (κ2) is 6.17. The molecule has 4 rings (SSSR count). The van der Waals surface area contributed by atoms with Gasteiger partial charge in [-0.25, -0.2) is 14.4 Å². The molecule has 2 aliphatic rings. The monoisotopic (exact) mass is 462 g/mol. The number of hydrogen-bond acceptors (Lipinski definition) is 5. The Morgan fingerprint density at radius 2 is 2.25 bits per heavy atom. The van der Waals surface area contributed by atoms with E-state index in [9.17, 15) is 13.6 Å². The van der Waals surface area contributed by atoms with Crippen LogP contribution in [0.2, 0.25) is 0 Å². The van der Waals surface area contributed by atoms with Gasteiger partial charge in [-0.1, -0.05) is 0 Å². The van der Waals surface area contributed by atoms with Gasteiger partial charge in [-0.05, 0) is 35.1 Å². The standard InChI is InChI=1S/C15H13F2IN4OS/c16-7-2-4-22(6-7)13-9(18)5-8(12(17)21-13)15-20-10-1-3-19-14(23)11(10)24-15/h5,7H,1-4,6H2,(H,19,23). The molecule has 0 aliphatic carbocycles. The molecule has 5 nitrogen and oxygen atoms in total. The van der Waals surface area contributed by atoms with E-state index < -0.39 is 12.1 Å². The summed E-state index contributed by atoms with van der Waals surface area (Å²) >= 11 is 3.26. The summed E-state index contributed by atoms with van der Waals surface area (Å²) in [4.78, 5) is 22.6. The Labute approximate surface area is 154 Å². The average molecular weight is 462 g/mol. The molecule has 0 radical (unpaired) electrons. The first-order valence-corrected chi connectivity index (χ1v) is 9.46. The Balaban J connectivity index is 1.72. The average Bonchev–Trinajstić information content (AvgIpc) is 3.16. The molecule has 2 aromatic heterocycles. The molecule has 1 saturated heterocycles. The lowest BCUT2D eigenvalue weighted by atomic mass is 10.2. The minimum absolute atomic E-state index is 0.161. The predicted octanol–water partition coefficient (Wildman–Crippen LogP) is 2.78. The summed E-state index contributed by atoms with van der Waals surface area (Å²) in [5.41, 5.74) is 0.989. The highest BCUT2D eigenvalue weighted by molar-refractivity contribution is 14.1. The van der Waals surface area contributed by atoms with Gasteiger partial charge in [0.15, 0.2) is 0 Å². The van der Waals surface area contributed by atoms with Gasteiger partial charge in [-0.3, -0.25) is 4.79 Å². The maximum Gasteiger partial charge on any atom is 0.263 e. The largest absolute Gasteiger partial charge is 0.353 e. The first-order chi connectivity index (χ1) is 11.5. The summed E-state index contributed by atoms with van der Waals surface area (Å²) in [5.74, 6) is -0.332. The van der Waals surface area contributed by atoms with Crippen LogP contribution in [-0.4, -0.2) is 41.7 Å². The third-order valence-corrected chi connectivity index (χ3v) is 6.05. The number of amides is 1. The van der Waals surface area contributed by atoms with Crippen LogP contribution in [0.25, 0.3) is 10.6 Å². The molecule has 0 bridgehead atoms. The zero-order valence-corrected chi connectivity index (χ0v) is 15.5. The smallest absolute Gasteiger partial charge is 0.263 e. The SMILES string of the molecule is O=C1NCCc2nc(-c3cc(I)c(N4CCC(F)C4)nc3F)sc21. The van der Waals surface area contributed by atoms with Crippen LogP contribution in [0.1, 0.15) is 21.8 Å². The lowest BCUT2D eigenvalue weighted by molar-refractivity contribution is 0.0950. The van der Waals surface area contributed by atoms with Crippen molar-refractivity contribution in [3.05, 3.63) is 26.2 Å². The highest BCUT2D eigenvalue weighted by Gasteiger charge is 2.27. The molecular formula is C15H13F2IN4OS. The van der Waals surface area contributed by atoms with Crippen LogP contribution in [0.5, 0.6) is 0 Å². The molecule has 1 atom stereocenters. The fourth-order valence-corrected chi connectivity index (χ4v) is 4.73. The van der Waals surface area contributed by atoms with Crippen molar-refractivity contribution in [3.8, 4) is 10.6 Å². The van der Waals surface area contributed by atoms with Crippen molar-refractivity contribution in [2.24, 2.45) is 0 Å². The minimum Gasteiger partial charge on any atom is -0.353 e. The number of pyridine rings is 1. The van der Waals surface area contributed by atoms with Gasteiger partial charge in [0.05, 0.1) is 21.4 Å². The van der Waals surface area contributed by atoms with E-state index in [0.717, 1.165) is 3.57 Å². The summed E-state index contributed by atoms with van der Waals surface area (Å²) in [6.45, 7) is 1.33. The zero-order chi connectivity index (χ0) is 16.8. The molecule has 1 N–H and O–H groups in total. The van der Waals surface area contributed by atoms with Gasteiger partial charge in [-0.15, -0.1) is 11.3 Å². The molecule has 4 heterocycles. The van der Waals surface area contributed by atoms with Crippen molar-refractivity contribution < 1.29 is 13.6 Å². The van der Waals surface area contributed by atoms with Crippen molar-refractivity contribution in [2.75, 3.05) is 24.5 Å². The number of rotatable bonds is 2. The number of hydrogen-bond donors (Lipinski definition) is 1. The van der Waals surface area contributed by atoms with Crippen molar-refractivity contribution in [1.82, 2.24) is 15.3 Å². The second-order valence-corrected chi connectivity index (χ2v) is 7.93. The third kappa shape index (κ3) is 2.77. The molecular weight excluding hydrogens is 449 g/mol. The number of fused-ring (bicyclic) bond motifs is 1. The molecule has 24 heavy (non-hydrogen) atoms. The van der Waals surface area contributed by atoms with Crippen LogP contribution < -0.4 is 10.2 Å². The quantitative estimate of drug-likeness (QED) is 0.551. The predicted molar refractivity (Wildman–Crippen MR) is 95.8 cm³/mol. The number of halogens is 3. The number of carbonyl (C=O) groups excluding carboxylic acids is 1. The van der Waals surface area contributed by atoms with Crippen LogP contribution in [0.3, 0.4) is 0 Å². The molecule has 0 saturated carbocycles. The van der Waals surface area contributed by atoms with Gasteiger partial charge in [-0.2, -0.15) is 4.39 Å². The Kier molecular flexibility index (Phi) is 4.15. The highest BCUT2D eigenvalue weighted by atomic mass is 127. The van der Waals surface area contributed by atoms with E-state index in [2.05, 4.69) is 37.9 Å². The van der Waals surface area contributed by atoms with Crippen LogP contribution >= 0.6 is 33.9 Å². The van der Waals surface area contributed by atoms with E-state index in [1.807, 2.05) is 0 Å². The van der Waals surface area contributed by atoms with Gasteiger partial charge >= 0.3 is 0 Å².